The topological polar surface area (TPSA) is 101 Å². The minimum Gasteiger partial charge on any atom is -0.448 e. The van der Waals surface area contributed by atoms with Crippen LogP contribution in [0.1, 0.15) is 59.8 Å². The summed E-state index contributed by atoms with van der Waals surface area (Å²) in [5.74, 6) is -4.04. The number of pyridine rings is 1. The Labute approximate surface area is 240 Å². The number of halogens is 3. The molecule has 0 bridgehead atoms. The number of nitrogens with zero attached hydrogens (tertiary/aromatic N) is 1. The Bertz CT molecular complexity index is 1420. The van der Waals surface area contributed by atoms with E-state index in [9.17, 15) is 23.2 Å². The Balaban J connectivity index is 1.26. The number of nitrogens with one attached hydrogen (secondary N) is 2. The Kier molecular flexibility index (Phi) is 7.58. The molecule has 216 valence electrons. The van der Waals surface area contributed by atoms with Crippen molar-refractivity contribution in [2.75, 3.05) is 19.3 Å². The van der Waals surface area contributed by atoms with Gasteiger partial charge in [-0.25, -0.2) is 8.78 Å². The highest BCUT2D eigenvalue weighted by atomic mass is 35.5. The molecule has 5 rings (SSSR count). The number of carbonyl (C=O) groups excluding carboxylic acids is 2. The summed E-state index contributed by atoms with van der Waals surface area (Å²) in [5.41, 5.74) is 1.84. The predicted octanol–water partition coefficient (Wildman–Crippen LogP) is 5.07. The highest BCUT2D eigenvalue weighted by molar-refractivity contribution is 7.98. The van der Waals surface area contributed by atoms with Gasteiger partial charge in [-0.15, -0.1) is 11.8 Å². The molecule has 3 heterocycles. The summed E-state index contributed by atoms with van der Waals surface area (Å²) in [4.78, 5) is 43.1. The van der Waals surface area contributed by atoms with Gasteiger partial charge in [0.2, 0.25) is 5.91 Å². The highest BCUT2D eigenvalue weighted by Crippen LogP contribution is 2.52. The third kappa shape index (κ3) is 5.30. The molecule has 1 aliphatic carbocycles. The highest BCUT2D eigenvalue weighted by Gasteiger charge is 2.51. The number of fused-ring (bicyclic) bond motifs is 1. The van der Waals surface area contributed by atoms with Crippen LogP contribution in [-0.2, 0) is 11.3 Å². The lowest BCUT2D eigenvalue weighted by molar-refractivity contribution is -0.172. The molecule has 2 fully saturated rings. The van der Waals surface area contributed by atoms with Crippen LogP contribution < -0.4 is 20.3 Å². The minimum atomic E-state index is -2.78. The van der Waals surface area contributed by atoms with Crippen molar-refractivity contribution in [1.82, 2.24) is 15.2 Å². The normalized spacial score (nSPS) is 24.9. The molecule has 1 saturated carbocycles. The number of likely N-dealkylation sites (tertiary alicyclic amines) is 1. The fraction of sp³-hybridized carbons (Fsp3) is 0.536. The summed E-state index contributed by atoms with van der Waals surface area (Å²) >= 11 is 7.99. The number of aromatic nitrogens is 1. The van der Waals surface area contributed by atoms with Crippen molar-refractivity contribution in [3.8, 4) is 11.5 Å². The van der Waals surface area contributed by atoms with E-state index in [4.69, 9.17) is 21.1 Å². The van der Waals surface area contributed by atoms with Crippen molar-refractivity contribution in [2.24, 2.45) is 11.8 Å². The lowest BCUT2D eigenvalue weighted by Crippen LogP contribution is -2.60. The molecule has 12 heteroatoms. The first-order valence-corrected chi connectivity index (χ1v) is 14.8. The maximum atomic E-state index is 13.2. The van der Waals surface area contributed by atoms with Gasteiger partial charge in [-0.05, 0) is 57.9 Å². The second-order valence-electron chi connectivity index (χ2n) is 11.0. The number of amides is 2. The van der Waals surface area contributed by atoms with Crippen molar-refractivity contribution in [3.05, 3.63) is 49.9 Å². The molecule has 3 aliphatic rings. The summed E-state index contributed by atoms with van der Waals surface area (Å²) in [5, 5.41) is 3.05. The van der Waals surface area contributed by atoms with Crippen LogP contribution in [0.2, 0.25) is 5.02 Å². The zero-order valence-electron chi connectivity index (χ0n) is 22.8. The number of rotatable bonds is 6. The maximum absolute atomic E-state index is 13.2. The van der Waals surface area contributed by atoms with E-state index in [1.54, 1.807) is 13.8 Å². The Morgan fingerprint density at radius 2 is 1.80 bits per heavy atom. The van der Waals surface area contributed by atoms with Gasteiger partial charge in [0.05, 0.1) is 18.1 Å². The van der Waals surface area contributed by atoms with Gasteiger partial charge in [0.15, 0.2) is 11.5 Å². The number of aryl methyl sites for hydroxylation is 1. The molecule has 0 radical (unpaired) electrons. The van der Waals surface area contributed by atoms with E-state index in [1.807, 2.05) is 19.2 Å². The van der Waals surface area contributed by atoms with E-state index in [-0.39, 0.29) is 34.9 Å². The number of aromatic amines is 1. The second kappa shape index (κ2) is 10.6. The number of hydrogen-bond donors (Lipinski definition) is 2. The molecule has 1 saturated heterocycles. The van der Waals surface area contributed by atoms with Crippen LogP contribution in [0.4, 0.5) is 8.78 Å². The van der Waals surface area contributed by atoms with Crippen LogP contribution in [0.15, 0.2) is 21.8 Å². The largest absolute Gasteiger partial charge is 0.448 e. The quantitative estimate of drug-likeness (QED) is 0.453. The first kappa shape index (κ1) is 28.7. The van der Waals surface area contributed by atoms with Crippen LogP contribution in [0.3, 0.4) is 0 Å². The zero-order chi connectivity index (χ0) is 29.0. The van der Waals surface area contributed by atoms with E-state index < -0.39 is 30.7 Å². The van der Waals surface area contributed by atoms with Crippen LogP contribution in [-0.4, -0.2) is 52.8 Å². The summed E-state index contributed by atoms with van der Waals surface area (Å²) in [6.07, 6.45) is 4.23. The zero-order valence-corrected chi connectivity index (χ0v) is 24.4. The SMILES string of the molecule is CSc1cc(C)[nH]c(=O)c1CNC(=O)c1cc(Cl)c2c(c1C)O[C@](C)([C@H]1CC[C@H](C(=O)N3CC(F)(F)C3)CC1)O2. The summed E-state index contributed by atoms with van der Waals surface area (Å²) in [6, 6.07) is 3.40. The van der Waals surface area contributed by atoms with Crippen LogP contribution >= 0.6 is 23.4 Å². The summed E-state index contributed by atoms with van der Waals surface area (Å²) in [7, 11) is 0. The number of H-pyrrole nitrogens is 1. The van der Waals surface area contributed by atoms with E-state index >= 15 is 0 Å². The molecule has 1 aromatic heterocycles. The van der Waals surface area contributed by atoms with Gasteiger partial charge in [0.1, 0.15) is 0 Å². The van der Waals surface area contributed by atoms with Gasteiger partial charge >= 0.3 is 0 Å². The predicted molar refractivity (Wildman–Crippen MR) is 148 cm³/mol. The Morgan fingerprint density at radius 1 is 1.15 bits per heavy atom. The molecule has 8 nitrogen and oxygen atoms in total. The number of ether oxygens (including phenoxy) is 2. The van der Waals surface area contributed by atoms with Crippen LogP contribution in [0.25, 0.3) is 0 Å². The first-order chi connectivity index (χ1) is 18.8. The van der Waals surface area contributed by atoms with Crippen molar-refractivity contribution in [3.63, 3.8) is 0 Å². The number of carbonyl (C=O) groups is 2. The van der Waals surface area contributed by atoms with E-state index in [0.29, 0.717) is 53.9 Å². The first-order valence-electron chi connectivity index (χ1n) is 13.2. The number of thioether (sulfide) groups is 1. The molecule has 2 amide bonds. The monoisotopic (exact) mass is 595 g/mol. The number of alkyl halides is 2. The van der Waals surface area contributed by atoms with Crippen molar-refractivity contribution < 1.29 is 27.8 Å². The third-order valence-electron chi connectivity index (χ3n) is 8.14. The second-order valence-corrected chi connectivity index (χ2v) is 12.3. The van der Waals surface area contributed by atoms with E-state index in [2.05, 4.69) is 10.3 Å². The van der Waals surface area contributed by atoms with Gasteiger partial charge < -0.3 is 24.7 Å². The fourth-order valence-electron chi connectivity index (χ4n) is 5.84. The smallest absolute Gasteiger partial charge is 0.282 e. The number of hydrogen-bond acceptors (Lipinski definition) is 6. The minimum absolute atomic E-state index is 0.0465. The van der Waals surface area contributed by atoms with Crippen molar-refractivity contribution in [2.45, 2.75) is 69.6 Å². The summed E-state index contributed by atoms with van der Waals surface area (Å²) in [6.45, 7) is 4.42. The van der Waals surface area contributed by atoms with Crippen molar-refractivity contribution in [1.29, 1.82) is 0 Å². The van der Waals surface area contributed by atoms with Gasteiger partial charge in [0.25, 0.3) is 23.2 Å². The van der Waals surface area contributed by atoms with Gasteiger partial charge in [-0.3, -0.25) is 14.4 Å². The Hall–Kier alpha value is -2.79. The van der Waals surface area contributed by atoms with Crippen LogP contribution in [0, 0.1) is 25.7 Å². The van der Waals surface area contributed by atoms with Gasteiger partial charge in [-0.1, -0.05) is 11.6 Å². The fourth-order valence-corrected chi connectivity index (χ4v) is 6.78. The van der Waals surface area contributed by atoms with Gasteiger partial charge in [-0.2, -0.15) is 0 Å². The standard InChI is InChI=1S/C28H32ClF2N3O5S/c1-14-9-21(40-4)19(25(36)33-14)11-32-24(35)18-10-20(29)23-22(15(18)2)38-27(3,39-23)17-7-5-16(6-8-17)26(37)34-12-28(30,31)13-34/h9-10,16-17H,5-8,11-13H2,1-4H3,(H,32,35)(H,33,36)/t16-,17-,27-/m0/s1. The summed E-state index contributed by atoms with van der Waals surface area (Å²) < 4.78 is 39.0. The molecule has 1 aromatic carbocycles. The Morgan fingerprint density at radius 3 is 2.42 bits per heavy atom. The van der Waals surface area contributed by atoms with Crippen molar-refractivity contribution >= 4 is 35.2 Å². The molecule has 40 heavy (non-hydrogen) atoms. The molecule has 2 aromatic rings. The van der Waals surface area contributed by atoms with E-state index in [1.165, 1.54) is 22.7 Å². The average molecular weight is 596 g/mol. The molecule has 2 N–H and O–H groups in total. The average Bonchev–Trinajstić information content (AvgIpc) is 3.27. The van der Waals surface area contributed by atoms with Crippen LogP contribution in [0.5, 0.6) is 11.5 Å². The maximum Gasteiger partial charge on any atom is 0.282 e. The van der Waals surface area contributed by atoms with Gasteiger partial charge in [0, 0.05) is 52.6 Å². The molecule has 0 spiro atoms. The molecule has 0 unspecified atom stereocenters. The molecular weight excluding hydrogens is 564 g/mol. The molecule has 2 aliphatic heterocycles. The molecule has 1 atom stereocenters. The number of benzene rings is 1. The molecular formula is C28H32ClF2N3O5S. The lowest BCUT2D eigenvalue weighted by atomic mass is 9.77. The third-order valence-corrected chi connectivity index (χ3v) is 9.23. The van der Waals surface area contributed by atoms with E-state index in [0.717, 1.165) is 10.6 Å². The lowest BCUT2D eigenvalue weighted by Gasteiger charge is -2.42.